The average Bonchev–Trinajstić information content (AvgIpc) is 3.41. The molecule has 0 saturated heterocycles. The summed E-state index contributed by atoms with van der Waals surface area (Å²) in [5.74, 6) is 0. The van der Waals surface area contributed by atoms with Gasteiger partial charge in [-0.15, -0.1) is 0 Å². The largest absolute Gasteiger partial charge is 0.247 e. The smallest absolute Gasteiger partial charge is 0.0791 e. The molecule has 5 aromatic carbocycles. The van der Waals surface area contributed by atoms with Crippen molar-refractivity contribution in [3.05, 3.63) is 125 Å². The third-order valence-corrected chi connectivity index (χ3v) is 8.48. The number of rotatable bonds is 1. The van der Waals surface area contributed by atoms with Crippen molar-refractivity contribution in [2.45, 2.75) is 25.7 Å². The van der Waals surface area contributed by atoms with Crippen LogP contribution < -0.4 is 0 Å². The molecule has 1 heterocycles. The first-order valence-electron chi connectivity index (χ1n) is 12.8. The first kappa shape index (κ1) is 20.0. The van der Waals surface area contributed by atoms with Crippen LogP contribution in [0.3, 0.4) is 0 Å². The SMILES string of the molecule is CC1(C)c2ccccc2-c2ccc3c(c21)-c1cccc(-c2nc4ccccc4c4ccccc24)c1C3. The van der Waals surface area contributed by atoms with Gasteiger partial charge in [0.25, 0.3) is 0 Å². The van der Waals surface area contributed by atoms with Crippen LogP contribution in [-0.4, -0.2) is 4.98 Å². The van der Waals surface area contributed by atoms with Crippen LogP contribution in [0.4, 0.5) is 0 Å². The standard InChI is InChI=1S/C35H25N/c1-35(2)30-16-7-5-11-23(30)26-19-18-21-20-29-25(32(21)33(26)35)14-9-15-28(29)34-27-13-4-3-10-22(27)24-12-6-8-17-31(24)36-34/h3-19H,20H2,1-2H3. The Hall–Kier alpha value is -4.23. The first-order valence-corrected chi connectivity index (χ1v) is 12.8. The van der Waals surface area contributed by atoms with Gasteiger partial charge in [-0.05, 0) is 62.4 Å². The summed E-state index contributed by atoms with van der Waals surface area (Å²) >= 11 is 0. The molecule has 2 aliphatic carbocycles. The second-order valence-corrected chi connectivity index (χ2v) is 10.7. The minimum atomic E-state index is -0.0250. The topological polar surface area (TPSA) is 12.9 Å². The summed E-state index contributed by atoms with van der Waals surface area (Å²) in [6, 6.07) is 37.7. The molecule has 8 rings (SSSR count). The van der Waals surface area contributed by atoms with E-state index in [-0.39, 0.29) is 5.41 Å². The molecule has 0 spiro atoms. The molecule has 0 bridgehead atoms. The van der Waals surface area contributed by atoms with Gasteiger partial charge < -0.3 is 0 Å². The molecule has 0 fully saturated rings. The van der Waals surface area contributed by atoms with Crippen molar-refractivity contribution in [2.24, 2.45) is 0 Å². The molecular formula is C35H25N. The summed E-state index contributed by atoms with van der Waals surface area (Å²) in [6.07, 6.45) is 0.948. The zero-order valence-electron chi connectivity index (χ0n) is 20.5. The van der Waals surface area contributed by atoms with E-state index in [4.69, 9.17) is 4.98 Å². The third-order valence-electron chi connectivity index (χ3n) is 8.48. The van der Waals surface area contributed by atoms with Crippen LogP contribution in [0, 0.1) is 0 Å². The van der Waals surface area contributed by atoms with Crippen LogP contribution in [0.1, 0.15) is 36.1 Å². The second kappa shape index (κ2) is 6.92. The van der Waals surface area contributed by atoms with E-state index in [2.05, 4.69) is 117 Å². The summed E-state index contributed by atoms with van der Waals surface area (Å²) in [7, 11) is 0. The Morgan fingerprint density at radius 1 is 0.583 bits per heavy atom. The zero-order chi connectivity index (χ0) is 24.0. The van der Waals surface area contributed by atoms with Crippen molar-refractivity contribution in [3.63, 3.8) is 0 Å². The average molecular weight is 460 g/mol. The van der Waals surface area contributed by atoms with Crippen molar-refractivity contribution in [1.29, 1.82) is 0 Å². The summed E-state index contributed by atoms with van der Waals surface area (Å²) in [6.45, 7) is 4.77. The highest BCUT2D eigenvalue weighted by molar-refractivity contribution is 6.11. The Morgan fingerprint density at radius 3 is 2.17 bits per heavy atom. The normalized spacial score (nSPS) is 14.5. The lowest BCUT2D eigenvalue weighted by atomic mass is 9.78. The Bertz CT molecular complexity index is 1890. The van der Waals surface area contributed by atoms with Crippen molar-refractivity contribution >= 4 is 21.7 Å². The molecule has 0 saturated carbocycles. The Balaban J connectivity index is 1.42. The monoisotopic (exact) mass is 459 g/mol. The molecule has 36 heavy (non-hydrogen) atoms. The molecule has 0 unspecified atom stereocenters. The van der Waals surface area contributed by atoms with Gasteiger partial charge in [-0.3, -0.25) is 0 Å². The van der Waals surface area contributed by atoms with E-state index in [1.54, 1.807) is 0 Å². The molecule has 6 aromatic rings. The van der Waals surface area contributed by atoms with E-state index in [0.29, 0.717) is 0 Å². The van der Waals surface area contributed by atoms with Gasteiger partial charge in [0.05, 0.1) is 11.2 Å². The highest BCUT2D eigenvalue weighted by atomic mass is 14.7. The number of pyridine rings is 1. The number of nitrogens with zero attached hydrogens (tertiary/aromatic N) is 1. The molecule has 170 valence electrons. The van der Waals surface area contributed by atoms with Gasteiger partial charge in [-0.25, -0.2) is 4.98 Å². The highest BCUT2D eigenvalue weighted by Gasteiger charge is 2.40. The Morgan fingerprint density at radius 2 is 1.28 bits per heavy atom. The summed E-state index contributed by atoms with van der Waals surface area (Å²) < 4.78 is 0. The number of hydrogen-bond donors (Lipinski definition) is 0. The number of hydrogen-bond acceptors (Lipinski definition) is 1. The van der Waals surface area contributed by atoms with Crippen molar-refractivity contribution in [3.8, 4) is 33.5 Å². The first-order chi connectivity index (χ1) is 17.6. The Kier molecular flexibility index (Phi) is 3.85. The van der Waals surface area contributed by atoms with Crippen LogP contribution in [0.15, 0.2) is 103 Å². The molecule has 0 radical (unpaired) electrons. The van der Waals surface area contributed by atoms with Gasteiger partial charge in [-0.2, -0.15) is 0 Å². The van der Waals surface area contributed by atoms with E-state index < -0.39 is 0 Å². The van der Waals surface area contributed by atoms with Crippen molar-refractivity contribution in [1.82, 2.24) is 4.98 Å². The molecule has 2 aliphatic rings. The molecule has 0 atom stereocenters. The molecular weight excluding hydrogens is 434 g/mol. The van der Waals surface area contributed by atoms with Crippen LogP contribution in [0.5, 0.6) is 0 Å². The maximum absolute atomic E-state index is 5.25. The summed E-state index contributed by atoms with van der Waals surface area (Å²) in [4.78, 5) is 5.25. The van der Waals surface area contributed by atoms with Gasteiger partial charge in [-0.1, -0.05) is 111 Å². The minimum Gasteiger partial charge on any atom is -0.247 e. The van der Waals surface area contributed by atoms with Crippen LogP contribution >= 0.6 is 0 Å². The number of para-hydroxylation sites is 1. The van der Waals surface area contributed by atoms with E-state index >= 15 is 0 Å². The van der Waals surface area contributed by atoms with E-state index in [0.717, 1.165) is 17.6 Å². The van der Waals surface area contributed by atoms with E-state index in [1.165, 1.54) is 66.2 Å². The predicted molar refractivity (Wildman–Crippen MR) is 150 cm³/mol. The third kappa shape index (κ3) is 2.48. The van der Waals surface area contributed by atoms with E-state index in [1.807, 2.05) is 0 Å². The van der Waals surface area contributed by atoms with Crippen LogP contribution in [-0.2, 0) is 11.8 Å². The van der Waals surface area contributed by atoms with E-state index in [9.17, 15) is 0 Å². The van der Waals surface area contributed by atoms with Gasteiger partial charge in [0.1, 0.15) is 0 Å². The number of benzene rings is 5. The summed E-state index contributed by atoms with van der Waals surface area (Å²) in [5, 5.41) is 3.70. The van der Waals surface area contributed by atoms with Crippen molar-refractivity contribution < 1.29 is 0 Å². The van der Waals surface area contributed by atoms with Crippen LogP contribution in [0.2, 0.25) is 0 Å². The Labute approximate surface area is 211 Å². The number of fused-ring (bicyclic) bond motifs is 10. The van der Waals surface area contributed by atoms with Gasteiger partial charge in [0.2, 0.25) is 0 Å². The maximum atomic E-state index is 5.25. The van der Waals surface area contributed by atoms with Gasteiger partial charge in [0.15, 0.2) is 0 Å². The fraction of sp³-hybridized carbons (Fsp3) is 0.114. The fourth-order valence-corrected chi connectivity index (χ4v) is 6.91. The highest BCUT2D eigenvalue weighted by Crippen LogP contribution is 2.56. The molecule has 1 heteroatoms. The van der Waals surface area contributed by atoms with Gasteiger partial charge >= 0.3 is 0 Å². The fourth-order valence-electron chi connectivity index (χ4n) is 6.91. The molecule has 0 amide bonds. The van der Waals surface area contributed by atoms with Crippen LogP contribution in [0.25, 0.3) is 55.2 Å². The van der Waals surface area contributed by atoms with Crippen molar-refractivity contribution in [2.75, 3.05) is 0 Å². The van der Waals surface area contributed by atoms with Gasteiger partial charge in [0, 0.05) is 21.8 Å². The lowest BCUT2D eigenvalue weighted by Gasteiger charge is -2.24. The lowest BCUT2D eigenvalue weighted by Crippen LogP contribution is -2.16. The number of aromatic nitrogens is 1. The second-order valence-electron chi connectivity index (χ2n) is 10.7. The molecule has 1 aromatic heterocycles. The lowest BCUT2D eigenvalue weighted by molar-refractivity contribution is 0.662. The molecule has 1 nitrogen and oxygen atoms in total. The summed E-state index contributed by atoms with van der Waals surface area (Å²) in [5.41, 5.74) is 14.7. The minimum absolute atomic E-state index is 0.0250. The quantitative estimate of drug-likeness (QED) is 0.223. The molecule has 0 aliphatic heterocycles. The molecule has 0 N–H and O–H groups in total. The predicted octanol–water partition coefficient (Wildman–Crippen LogP) is 8.93. The zero-order valence-corrected chi connectivity index (χ0v) is 20.5. The maximum Gasteiger partial charge on any atom is 0.0791 e.